The van der Waals surface area contributed by atoms with Crippen LogP contribution in [0.1, 0.15) is 23.7 Å². The summed E-state index contributed by atoms with van der Waals surface area (Å²) in [6.45, 7) is 0. The third-order valence-electron chi connectivity index (χ3n) is 2.80. The van der Waals surface area contributed by atoms with Gasteiger partial charge in [0.25, 0.3) is 0 Å². The van der Waals surface area contributed by atoms with Gasteiger partial charge in [0.2, 0.25) is 0 Å². The van der Waals surface area contributed by atoms with Gasteiger partial charge in [0.05, 0.1) is 5.71 Å². The zero-order valence-electron chi connectivity index (χ0n) is 9.21. The van der Waals surface area contributed by atoms with Crippen LogP contribution in [-0.2, 0) is 4.84 Å². The molecular formula is C14H11N2O. The van der Waals surface area contributed by atoms with Crippen LogP contribution >= 0.6 is 0 Å². The molecule has 3 nitrogen and oxygen atoms in total. The fourth-order valence-electron chi connectivity index (χ4n) is 1.88. The van der Waals surface area contributed by atoms with Gasteiger partial charge in [-0.3, -0.25) is 4.98 Å². The van der Waals surface area contributed by atoms with E-state index in [0.717, 1.165) is 23.3 Å². The van der Waals surface area contributed by atoms with Crippen molar-refractivity contribution in [1.29, 1.82) is 0 Å². The molecule has 1 unspecified atom stereocenters. The van der Waals surface area contributed by atoms with E-state index in [9.17, 15) is 0 Å². The van der Waals surface area contributed by atoms with E-state index in [1.54, 1.807) is 12.4 Å². The van der Waals surface area contributed by atoms with Crippen LogP contribution in [0.3, 0.4) is 0 Å². The fourth-order valence-corrected chi connectivity index (χ4v) is 1.88. The summed E-state index contributed by atoms with van der Waals surface area (Å²) in [6, 6.07) is 14.7. The van der Waals surface area contributed by atoms with Crippen molar-refractivity contribution in [1.82, 2.24) is 4.98 Å². The first-order chi connectivity index (χ1) is 8.43. The number of hydrogen-bond acceptors (Lipinski definition) is 3. The molecule has 17 heavy (non-hydrogen) atoms. The van der Waals surface area contributed by atoms with Crippen LogP contribution in [0.25, 0.3) is 0 Å². The standard InChI is InChI=1S/C14H11N2O/c1-2-4-11(5-3-1)13-10-14(17-16-13)12-6-8-15-9-7-12/h2-9,14H,10H2. The second-order valence-electron chi connectivity index (χ2n) is 3.91. The highest BCUT2D eigenvalue weighted by atomic mass is 16.6. The summed E-state index contributed by atoms with van der Waals surface area (Å²) in [7, 11) is 0. The molecule has 3 heteroatoms. The minimum absolute atomic E-state index is 0.0113. The van der Waals surface area contributed by atoms with Crippen molar-refractivity contribution in [2.75, 3.05) is 0 Å². The molecule has 0 saturated carbocycles. The fraction of sp³-hybridized carbons (Fsp3) is 0.143. The lowest BCUT2D eigenvalue weighted by atomic mass is 10.0. The number of hydrogen-bond donors (Lipinski definition) is 0. The van der Waals surface area contributed by atoms with E-state index in [0.29, 0.717) is 0 Å². The van der Waals surface area contributed by atoms with Crippen LogP contribution in [0, 0.1) is 6.07 Å². The van der Waals surface area contributed by atoms with Crippen LogP contribution in [0.4, 0.5) is 0 Å². The third-order valence-corrected chi connectivity index (χ3v) is 2.80. The molecule has 83 valence electrons. The predicted molar refractivity (Wildman–Crippen MR) is 64.5 cm³/mol. The lowest BCUT2D eigenvalue weighted by Gasteiger charge is -2.06. The lowest BCUT2D eigenvalue weighted by molar-refractivity contribution is 0.0857. The molecule has 1 radical (unpaired) electrons. The molecule has 1 aliphatic rings. The molecule has 0 fully saturated rings. The lowest BCUT2D eigenvalue weighted by Crippen LogP contribution is -2.01. The Kier molecular flexibility index (Phi) is 2.58. The summed E-state index contributed by atoms with van der Waals surface area (Å²) in [5, 5.41) is 4.15. The van der Waals surface area contributed by atoms with Crippen molar-refractivity contribution >= 4 is 5.71 Å². The maximum Gasteiger partial charge on any atom is 0.158 e. The SMILES string of the molecule is [c]1ccc(C2=NOC(c3ccncc3)C2)cc1. The number of pyridine rings is 1. The van der Waals surface area contributed by atoms with E-state index in [1.165, 1.54) is 0 Å². The average molecular weight is 223 g/mol. The van der Waals surface area contributed by atoms with E-state index >= 15 is 0 Å². The number of rotatable bonds is 2. The smallest absolute Gasteiger partial charge is 0.158 e. The molecule has 1 aromatic heterocycles. The molecular weight excluding hydrogens is 212 g/mol. The molecule has 0 amide bonds. The van der Waals surface area contributed by atoms with Gasteiger partial charge in [-0.2, -0.15) is 0 Å². The normalized spacial score (nSPS) is 18.6. The van der Waals surface area contributed by atoms with Crippen LogP contribution in [0.15, 0.2) is 53.9 Å². The molecule has 0 spiro atoms. The Morgan fingerprint density at radius 2 is 1.88 bits per heavy atom. The number of nitrogens with zero attached hydrogens (tertiary/aromatic N) is 2. The highest BCUT2D eigenvalue weighted by Crippen LogP contribution is 2.28. The van der Waals surface area contributed by atoms with Gasteiger partial charge in [0.15, 0.2) is 6.10 Å². The van der Waals surface area contributed by atoms with Crippen LogP contribution in [0.2, 0.25) is 0 Å². The Bertz CT molecular complexity index is 522. The Balaban J connectivity index is 1.78. The van der Waals surface area contributed by atoms with E-state index in [2.05, 4.69) is 16.2 Å². The van der Waals surface area contributed by atoms with Gasteiger partial charge in [0.1, 0.15) is 0 Å². The monoisotopic (exact) mass is 223 g/mol. The van der Waals surface area contributed by atoms with Gasteiger partial charge >= 0.3 is 0 Å². The Labute approximate surface area is 99.8 Å². The van der Waals surface area contributed by atoms with E-state index in [1.807, 2.05) is 36.4 Å². The molecule has 3 rings (SSSR count). The molecule has 0 bridgehead atoms. The summed E-state index contributed by atoms with van der Waals surface area (Å²) < 4.78 is 0. The summed E-state index contributed by atoms with van der Waals surface area (Å²) >= 11 is 0. The van der Waals surface area contributed by atoms with Crippen LogP contribution in [-0.4, -0.2) is 10.7 Å². The van der Waals surface area contributed by atoms with Gasteiger partial charge in [-0.1, -0.05) is 29.4 Å². The first-order valence-corrected chi connectivity index (χ1v) is 5.52. The second kappa shape index (κ2) is 4.37. The van der Waals surface area contributed by atoms with Crippen molar-refractivity contribution in [3.63, 3.8) is 0 Å². The highest BCUT2D eigenvalue weighted by Gasteiger charge is 2.23. The van der Waals surface area contributed by atoms with Crippen molar-refractivity contribution in [2.45, 2.75) is 12.5 Å². The molecule has 0 saturated heterocycles. The molecule has 1 atom stereocenters. The topological polar surface area (TPSA) is 34.5 Å². The predicted octanol–water partition coefficient (Wildman–Crippen LogP) is 2.75. The Morgan fingerprint density at radius 1 is 1.12 bits per heavy atom. The zero-order chi connectivity index (χ0) is 11.5. The van der Waals surface area contributed by atoms with Crippen LogP contribution in [0.5, 0.6) is 0 Å². The van der Waals surface area contributed by atoms with Gasteiger partial charge < -0.3 is 4.84 Å². The van der Waals surface area contributed by atoms with E-state index in [-0.39, 0.29) is 6.10 Å². The summed E-state index contributed by atoms with van der Waals surface area (Å²) in [5.41, 5.74) is 3.20. The Hall–Kier alpha value is -2.16. The molecule has 0 N–H and O–H groups in total. The number of benzene rings is 1. The molecule has 2 aromatic rings. The van der Waals surface area contributed by atoms with Gasteiger partial charge in [0, 0.05) is 18.8 Å². The number of oxime groups is 1. The third kappa shape index (κ3) is 2.04. The van der Waals surface area contributed by atoms with Gasteiger partial charge in [-0.05, 0) is 29.3 Å². The average Bonchev–Trinajstić information content (AvgIpc) is 2.90. The summed E-state index contributed by atoms with van der Waals surface area (Å²) in [5.74, 6) is 0. The minimum atomic E-state index is 0.0113. The zero-order valence-corrected chi connectivity index (χ0v) is 9.21. The van der Waals surface area contributed by atoms with Gasteiger partial charge in [-0.25, -0.2) is 0 Å². The van der Waals surface area contributed by atoms with E-state index in [4.69, 9.17) is 4.84 Å². The van der Waals surface area contributed by atoms with Crippen molar-refractivity contribution in [3.8, 4) is 0 Å². The van der Waals surface area contributed by atoms with E-state index < -0.39 is 0 Å². The van der Waals surface area contributed by atoms with Crippen molar-refractivity contribution in [2.24, 2.45) is 5.16 Å². The molecule has 2 heterocycles. The largest absolute Gasteiger partial charge is 0.387 e. The molecule has 1 aliphatic heterocycles. The Morgan fingerprint density at radius 3 is 2.65 bits per heavy atom. The molecule has 1 aromatic carbocycles. The maximum atomic E-state index is 5.46. The van der Waals surface area contributed by atoms with Crippen molar-refractivity contribution in [3.05, 3.63) is 66.0 Å². The molecule has 0 aliphatic carbocycles. The summed E-state index contributed by atoms with van der Waals surface area (Å²) in [4.78, 5) is 9.45. The van der Waals surface area contributed by atoms with Crippen molar-refractivity contribution < 1.29 is 4.84 Å². The quantitative estimate of drug-likeness (QED) is 0.784. The summed E-state index contributed by atoms with van der Waals surface area (Å²) in [6.07, 6.45) is 4.35. The number of aromatic nitrogens is 1. The second-order valence-corrected chi connectivity index (χ2v) is 3.91. The van der Waals surface area contributed by atoms with Gasteiger partial charge in [-0.15, -0.1) is 0 Å². The first kappa shape index (κ1) is 10.0. The highest BCUT2D eigenvalue weighted by molar-refractivity contribution is 6.01. The maximum absolute atomic E-state index is 5.46. The first-order valence-electron chi connectivity index (χ1n) is 5.52. The minimum Gasteiger partial charge on any atom is -0.387 e. The van der Waals surface area contributed by atoms with Crippen LogP contribution < -0.4 is 0 Å².